The molecule has 3 aliphatic heterocycles. The second kappa shape index (κ2) is 11.3. The third kappa shape index (κ3) is 5.19. The van der Waals surface area contributed by atoms with Gasteiger partial charge in [0, 0.05) is 37.4 Å². The average molecular weight is 569 g/mol. The number of carbonyl (C=O) groups is 1. The Morgan fingerprint density at radius 2 is 1.45 bits per heavy atom. The minimum Gasteiger partial charge on any atom is -0.378 e. The minimum atomic E-state index is -0.283. The topological polar surface area (TPSA) is 135 Å². The first-order valence-corrected chi connectivity index (χ1v) is 14.1. The Bertz CT molecular complexity index is 1530. The Labute approximate surface area is 242 Å². The number of nitrogens with one attached hydrogen (secondary N) is 3. The van der Waals surface area contributed by atoms with Crippen molar-refractivity contribution in [3.8, 4) is 5.69 Å². The maximum Gasteiger partial charge on any atom is 0.321 e. The standard InChI is InChI=1S/C29H32N10O3/c1-19-23-24(20-5-3-2-4-6-20)31-29(40)32-25(23)39(36-19)22-9-7-21(8-10-22)30-26-33-27(37-11-15-41-16-12-37)35-28(34-26)38-13-17-42-18-14-38/h2-10,24H,11-18H2,1H3,(H2,31,32,40)(H,30,33,34,35). The molecule has 0 radical (unpaired) electrons. The third-order valence-corrected chi connectivity index (χ3v) is 7.60. The molecule has 2 fully saturated rings. The molecule has 0 bridgehead atoms. The van der Waals surface area contributed by atoms with Crippen LogP contribution in [-0.4, -0.2) is 83.4 Å². The summed E-state index contributed by atoms with van der Waals surface area (Å²) in [7, 11) is 0. The number of nitrogens with zero attached hydrogens (tertiary/aromatic N) is 7. The van der Waals surface area contributed by atoms with Crippen molar-refractivity contribution in [3.05, 3.63) is 71.4 Å². The summed E-state index contributed by atoms with van der Waals surface area (Å²) in [5, 5.41) is 14.1. The number of ether oxygens (including phenoxy) is 2. The van der Waals surface area contributed by atoms with Gasteiger partial charge in [-0.15, -0.1) is 0 Å². The van der Waals surface area contributed by atoms with E-state index >= 15 is 0 Å². The van der Waals surface area contributed by atoms with Crippen LogP contribution >= 0.6 is 0 Å². The summed E-state index contributed by atoms with van der Waals surface area (Å²) >= 11 is 0. The minimum absolute atomic E-state index is 0.266. The van der Waals surface area contributed by atoms with E-state index in [-0.39, 0.29) is 12.1 Å². The second-order valence-electron chi connectivity index (χ2n) is 10.3. The highest BCUT2D eigenvalue weighted by Gasteiger charge is 2.32. The molecule has 7 rings (SSSR count). The van der Waals surface area contributed by atoms with E-state index < -0.39 is 0 Å². The highest BCUT2D eigenvalue weighted by Crippen LogP contribution is 2.36. The first-order chi connectivity index (χ1) is 20.6. The predicted octanol–water partition coefficient (Wildman–Crippen LogP) is 3.01. The molecule has 1 unspecified atom stereocenters. The molecule has 0 aliphatic carbocycles. The zero-order valence-corrected chi connectivity index (χ0v) is 23.3. The molecule has 0 spiro atoms. The van der Waals surface area contributed by atoms with Gasteiger partial charge < -0.3 is 29.9 Å². The number of hydrogen-bond acceptors (Lipinski definition) is 10. The SMILES string of the molecule is Cc1nn(-c2ccc(Nc3nc(N4CCOCC4)nc(N4CCOCC4)n3)cc2)c2c1C(c1ccccc1)NC(=O)N2. The zero-order chi connectivity index (χ0) is 28.5. The monoisotopic (exact) mass is 568 g/mol. The summed E-state index contributed by atoms with van der Waals surface area (Å²) in [5.74, 6) is 2.39. The largest absolute Gasteiger partial charge is 0.378 e. The predicted molar refractivity (Wildman–Crippen MR) is 158 cm³/mol. The van der Waals surface area contributed by atoms with Crippen LogP contribution in [0.25, 0.3) is 5.69 Å². The molecule has 3 aliphatic rings. The van der Waals surface area contributed by atoms with Gasteiger partial charge in [0.1, 0.15) is 5.82 Å². The Hall–Kier alpha value is -4.75. The number of amides is 2. The van der Waals surface area contributed by atoms with Gasteiger partial charge in [-0.05, 0) is 36.8 Å². The fourth-order valence-electron chi connectivity index (χ4n) is 5.47. The summed E-state index contributed by atoms with van der Waals surface area (Å²) in [6, 6.07) is 17.2. The maximum atomic E-state index is 12.6. The lowest BCUT2D eigenvalue weighted by Crippen LogP contribution is -2.40. The normalized spacial score (nSPS) is 18.7. The van der Waals surface area contributed by atoms with Gasteiger partial charge in [0.15, 0.2) is 0 Å². The lowest BCUT2D eigenvalue weighted by molar-refractivity contribution is 0.121. The molecule has 1 atom stereocenters. The maximum absolute atomic E-state index is 12.6. The number of carbonyl (C=O) groups excluding carboxylic acids is 1. The summed E-state index contributed by atoms with van der Waals surface area (Å²) in [6.07, 6.45) is 0. The average Bonchev–Trinajstić information content (AvgIpc) is 3.37. The lowest BCUT2D eigenvalue weighted by Gasteiger charge is -2.30. The number of rotatable bonds is 6. The Balaban J connectivity index is 1.16. The highest BCUT2D eigenvalue weighted by molar-refractivity contribution is 5.93. The second-order valence-corrected chi connectivity index (χ2v) is 10.3. The van der Waals surface area contributed by atoms with E-state index in [2.05, 4.69) is 25.8 Å². The quantitative estimate of drug-likeness (QED) is 0.319. The van der Waals surface area contributed by atoms with Crippen molar-refractivity contribution in [1.29, 1.82) is 0 Å². The van der Waals surface area contributed by atoms with Crippen LogP contribution in [0.4, 0.5) is 34.1 Å². The van der Waals surface area contributed by atoms with Crippen molar-refractivity contribution in [1.82, 2.24) is 30.0 Å². The van der Waals surface area contributed by atoms with Crippen LogP contribution in [0.2, 0.25) is 0 Å². The van der Waals surface area contributed by atoms with Crippen LogP contribution in [0.3, 0.4) is 0 Å². The molecule has 2 aromatic carbocycles. The van der Waals surface area contributed by atoms with Crippen molar-refractivity contribution in [2.24, 2.45) is 0 Å². The van der Waals surface area contributed by atoms with Gasteiger partial charge in [0.2, 0.25) is 17.8 Å². The summed E-state index contributed by atoms with van der Waals surface area (Å²) in [5.41, 5.74) is 4.42. The number of aromatic nitrogens is 5. The Morgan fingerprint density at radius 1 is 0.833 bits per heavy atom. The van der Waals surface area contributed by atoms with Gasteiger partial charge in [0.05, 0.1) is 43.9 Å². The number of fused-ring (bicyclic) bond motifs is 1. The number of aryl methyl sites for hydroxylation is 1. The summed E-state index contributed by atoms with van der Waals surface area (Å²) in [4.78, 5) is 31.1. The molecular formula is C29H32N10O3. The number of hydrogen-bond donors (Lipinski definition) is 3. The first-order valence-electron chi connectivity index (χ1n) is 14.1. The van der Waals surface area contributed by atoms with E-state index in [1.807, 2.05) is 61.5 Å². The van der Waals surface area contributed by atoms with E-state index in [0.29, 0.717) is 50.1 Å². The molecule has 3 N–H and O–H groups in total. The van der Waals surface area contributed by atoms with Crippen molar-refractivity contribution in [2.75, 3.05) is 73.0 Å². The van der Waals surface area contributed by atoms with Crippen molar-refractivity contribution >= 4 is 35.4 Å². The molecule has 13 nitrogen and oxygen atoms in total. The fourth-order valence-corrected chi connectivity index (χ4v) is 5.47. The van der Waals surface area contributed by atoms with Crippen LogP contribution in [-0.2, 0) is 9.47 Å². The van der Waals surface area contributed by atoms with E-state index in [0.717, 1.165) is 54.4 Å². The molecule has 5 heterocycles. The zero-order valence-electron chi connectivity index (χ0n) is 23.3. The van der Waals surface area contributed by atoms with E-state index in [1.54, 1.807) is 4.68 Å². The number of benzene rings is 2. The van der Waals surface area contributed by atoms with Gasteiger partial charge in [-0.1, -0.05) is 30.3 Å². The van der Waals surface area contributed by atoms with Crippen LogP contribution in [0, 0.1) is 6.92 Å². The lowest BCUT2D eigenvalue weighted by atomic mass is 9.97. The van der Waals surface area contributed by atoms with Gasteiger partial charge in [0.25, 0.3) is 0 Å². The molecular weight excluding hydrogens is 536 g/mol. The molecule has 42 heavy (non-hydrogen) atoms. The van der Waals surface area contributed by atoms with Gasteiger partial charge in [-0.3, -0.25) is 5.32 Å². The fraction of sp³-hybridized carbons (Fsp3) is 0.345. The third-order valence-electron chi connectivity index (χ3n) is 7.60. The molecule has 13 heteroatoms. The molecule has 2 aromatic heterocycles. The molecule has 2 saturated heterocycles. The van der Waals surface area contributed by atoms with Crippen LogP contribution in [0.5, 0.6) is 0 Å². The molecule has 4 aromatic rings. The number of anilines is 5. The van der Waals surface area contributed by atoms with Crippen LogP contribution in [0.1, 0.15) is 22.9 Å². The highest BCUT2D eigenvalue weighted by atomic mass is 16.5. The smallest absolute Gasteiger partial charge is 0.321 e. The van der Waals surface area contributed by atoms with E-state index in [4.69, 9.17) is 29.5 Å². The van der Waals surface area contributed by atoms with Crippen molar-refractivity contribution in [3.63, 3.8) is 0 Å². The Morgan fingerprint density at radius 3 is 2.07 bits per heavy atom. The van der Waals surface area contributed by atoms with Crippen molar-refractivity contribution < 1.29 is 14.3 Å². The van der Waals surface area contributed by atoms with Crippen LogP contribution in [0.15, 0.2) is 54.6 Å². The van der Waals surface area contributed by atoms with E-state index in [9.17, 15) is 4.79 Å². The molecule has 2 amide bonds. The van der Waals surface area contributed by atoms with Crippen LogP contribution < -0.4 is 25.8 Å². The van der Waals surface area contributed by atoms with E-state index in [1.165, 1.54) is 0 Å². The summed E-state index contributed by atoms with van der Waals surface area (Å²) < 4.78 is 12.8. The van der Waals surface area contributed by atoms with Gasteiger partial charge >= 0.3 is 6.03 Å². The Kier molecular flexibility index (Phi) is 7.01. The van der Waals surface area contributed by atoms with Gasteiger partial charge in [-0.25, -0.2) is 9.48 Å². The van der Waals surface area contributed by atoms with Crippen molar-refractivity contribution in [2.45, 2.75) is 13.0 Å². The molecule has 0 saturated carbocycles. The summed E-state index contributed by atoms with van der Waals surface area (Å²) in [6.45, 7) is 7.43. The number of urea groups is 1. The first kappa shape index (κ1) is 26.2. The molecule has 216 valence electrons. The number of morpholine rings is 2. The van der Waals surface area contributed by atoms with Gasteiger partial charge in [-0.2, -0.15) is 20.1 Å².